The molecular weight excluding hydrogens is 224 g/mol. The number of ether oxygens (including phenoxy) is 3. The molecule has 7 heteroatoms. The first kappa shape index (κ1) is 11.7. The minimum absolute atomic E-state index is 0.109. The van der Waals surface area contributed by atoms with Gasteiger partial charge in [-0.05, 0) is 0 Å². The molecule has 0 N–H and O–H groups in total. The number of rotatable bonds is 2. The first-order valence-corrected chi connectivity index (χ1v) is 5.35. The summed E-state index contributed by atoms with van der Waals surface area (Å²) in [6, 6.07) is 0. The summed E-state index contributed by atoms with van der Waals surface area (Å²) in [7, 11) is 0.698. The highest BCUT2D eigenvalue weighted by atomic mass is 32.2. The maximum Gasteiger partial charge on any atom is 0.374 e. The van der Waals surface area contributed by atoms with E-state index < -0.39 is 22.7 Å². The van der Waals surface area contributed by atoms with E-state index in [1.807, 2.05) is 0 Å². The molecule has 1 heterocycles. The number of carbonyl (C=O) groups excluding carboxylic acids is 2. The molecule has 0 spiro atoms. The van der Waals surface area contributed by atoms with Crippen molar-refractivity contribution in [3.63, 3.8) is 0 Å². The molecule has 1 aliphatic heterocycles. The lowest BCUT2D eigenvalue weighted by molar-refractivity contribution is -0.142. The largest absolute Gasteiger partial charge is 0.485 e. The van der Waals surface area contributed by atoms with Gasteiger partial charge in [0.15, 0.2) is 4.91 Å². The van der Waals surface area contributed by atoms with Crippen LogP contribution in [0.25, 0.3) is 0 Å². The third-order valence-corrected chi connectivity index (χ3v) is 3.04. The summed E-state index contributed by atoms with van der Waals surface area (Å²) >= 11 is 0. The van der Waals surface area contributed by atoms with Crippen LogP contribution in [0.5, 0.6) is 0 Å². The van der Waals surface area contributed by atoms with Crippen LogP contribution in [0.3, 0.4) is 0 Å². The number of hydrogen-bond donors (Lipinski definition) is 0. The van der Waals surface area contributed by atoms with E-state index in [-0.39, 0.29) is 23.0 Å². The Hall–Kier alpha value is -1.37. The Balaban J connectivity index is 3.16. The Kier molecular flexibility index (Phi) is 3.84. The third kappa shape index (κ3) is 2.35. The molecule has 0 saturated carbocycles. The van der Waals surface area contributed by atoms with E-state index in [9.17, 15) is 13.8 Å². The number of methoxy groups -OCH3 is 2. The van der Waals surface area contributed by atoms with Crippen molar-refractivity contribution < 1.29 is 28.0 Å². The van der Waals surface area contributed by atoms with Crippen LogP contribution < -0.4 is 0 Å². The Bertz CT molecular complexity index is 345. The van der Waals surface area contributed by atoms with Crippen molar-refractivity contribution >= 4 is 22.7 Å². The molecule has 0 aromatic heterocycles. The van der Waals surface area contributed by atoms with E-state index in [0.29, 0.717) is 0 Å². The second-order valence-corrected chi connectivity index (χ2v) is 4.05. The molecule has 0 aliphatic carbocycles. The van der Waals surface area contributed by atoms with Crippen molar-refractivity contribution in [3.05, 3.63) is 10.7 Å². The zero-order valence-corrected chi connectivity index (χ0v) is 9.09. The van der Waals surface area contributed by atoms with E-state index >= 15 is 0 Å². The van der Waals surface area contributed by atoms with Gasteiger partial charge in [0.1, 0.15) is 6.61 Å². The summed E-state index contributed by atoms with van der Waals surface area (Å²) < 4.78 is 25.2. The molecule has 6 nitrogen and oxygen atoms in total. The fourth-order valence-electron chi connectivity index (χ4n) is 1.01. The van der Waals surface area contributed by atoms with Crippen LogP contribution in [-0.2, 0) is 34.6 Å². The highest BCUT2D eigenvalue weighted by Crippen LogP contribution is 2.19. The Labute approximate surface area is 88.6 Å². The van der Waals surface area contributed by atoms with Crippen LogP contribution in [0.15, 0.2) is 10.7 Å². The van der Waals surface area contributed by atoms with Gasteiger partial charge in [-0.2, -0.15) is 0 Å². The minimum atomic E-state index is -1.58. The van der Waals surface area contributed by atoms with Gasteiger partial charge in [0.25, 0.3) is 0 Å². The fourth-order valence-corrected chi connectivity index (χ4v) is 2.07. The standard InChI is InChI=1S/C8H10O6S/c1-12-7(9)5-6(8(10)13-2)15(11)4-3-14-5/h3-4H2,1-2H3. The lowest BCUT2D eigenvalue weighted by atomic mass is 10.4. The molecule has 0 fully saturated rings. The van der Waals surface area contributed by atoms with Gasteiger partial charge in [0, 0.05) is 0 Å². The topological polar surface area (TPSA) is 78.9 Å². The molecule has 0 saturated heterocycles. The van der Waals surface area contributed by atoms with Crippen LogP contribution in [0.2, 0.25) is 0 Å². The van der Waals surface area contributed by atoms with Gasteiger partial charge in [-0.1, -0.05) is 0 Å². The second kappa shape index (κ2) is 4.92. The SMILES string of the molecule is COC(=O)C1=C(C(=O)OC)S(=O)CCO1. The molecule has 15 heavy (non-hydrogen) atoms. The Morgan fingerprint density at radius 1 is 1.27 bits per heavy atom. The summed E-state index contributed by atoms with van der Waals surface area (Å²) in [5.74, 6) is -1.84. The highest BCUT2D eigenvalue weighted by molar-refractivity contribution is 7.90. The molecule has 1 rings (SSSR count). The number of esters is 2. The Morgan fingerprint density at radius 3 is 2.40 bits per heavy atom. The zero-order chi connectivity index (χ0) is 11.4. The smallest absolute Gasteiger partial charge is 0.374 e. The second-order valence-electron chi connectivity index (χ2n) is 2.54. The van der Waals surface area contributed by atoms with Crippen molar-refractivity contribution in [2.75, 3.05) is 26.6 Å². The van der Waals surface area contributed by atoms with Crippen molar-refractivity contribution in [3.8, 4) is 0 Å². The molecule has 1 atom stereocenters. The molecule has 0 radical (unpaired) electrons. The third-order valence-electron chi connectivity index (χ3n) is 1.69. The predicted molar refractivity (Wildman–Crippen MR) is 50.0 cm³/mol. The molecule has 0 aromatic rings. The van der Waals surface area contributed by atoms with Crippen LogP contribution in [-0.4, -0.2) is 42.7 Å². The van der Waals surface area contributed by atoms with Crippen LogP contribution in [0, 0.1) is 0 Å². The fraction of sp³-hybridized carbons (Fsp3) is 0.500. The molecule has 1 unspecified atom stereocenters. The summed E-state index contributed by atoms with van der Waals surface area (Å²) in [5.41, 5.74) is 0. The van der Waals surface area contributed by atoms with Gasteiger partial charge in [-0.15, -0.1) is 0 Å². The van der Waals surface area contributed by atoms with Crippen molar-refractivity contribution in [2.24, 2.45) is 0 Å². The van der Waals surface area contributed by atoms with E-state index in [4.69, 9.17) is 4.74 Å². The normalized spacial score (nSPS) is 20.5. The van der Waals surface area contributed by atoms with Crippen molar-refractivity contribution in [2.45, 2.75) is 0 Å². The summed E-state index contributed by atoms with van der Waals surface area (Å²) in [6.45, 7) is 0.109. The summed E-state index contributed by atoms with van der Waals surface area (Å²) in [4.78, 5) is 22.2. The summed E-state index contributed by atoms with van der Waals surface area (Å²) in [5, 5.41) is 0. The van der Waals surface area contributed by atoms with Crippen LogP contribution in [0.1, 0.15) is 0 Å². The van der Waals surface area contributed by atoms with Gasteiger partial charge in [0.05, 0.1) is 30.8 Å². The molecule has 1 aliphatic rings. The van der Waals surface area contributed by atoms with E-state index in [1.54, 1.807) is 0 Å². The maximum atomic E-state index is 11.5. The lowest BCUT2D eigenvalue weighted by Crippen LogP contribution is -2.27. The average molecular weight is 234 g/mol. The van der Waals surface area contributed by atoms with Crippen LogP contribution >= 0.6 is 0 Å². The summed E-state index contributed by atoms with van der Waals surface area (Å²) in [6.07, 6.45) is 0. The van der Waals surface area contributed by atoms with Crippen molar-refractivity contribution in [1.29, 1.82) is 0 Å². The van der Waals surface area contributed by atoms with E-state index in [2.05, 4.69) is 9.47 Å². The van der Waals surface area contributed by atoms with E-state index in [0.717, 1.165) is 14.2 Å². The van der Waals surface area contributed by atoms with E-state index in [1.165, 1.54) is 0 Å². The first-order valence-electron chi connectivity index (χ1n) is 4.04. The minimum Gasteiger partial charge on any atom is -0.485 e. The quantitative estimate of drug-likeness (QED) is 0.589. The monoisotopic (exact) mass is 234 g/mol. The van der Waals surface area contributed by atoms with Gasteiger partial charge < -0.3 is 14.2 Å². The number of hydrogen-bond acceptors (Lipinski definition) is 6. The highest BCUT2D eigenvalue weighted by Gasteiger charge is 2.32. The van der Waals surface area contributed by atoms with Crippen LogP contribution in [0.4, 0.5) is 0 Å². The maximum absolute atomic E-state index is 11.5. The van der Waals surface area contributed by atoms with Gasteiger partial charge in [-0.3, -0.25) is 4.21 Å². The first-order chi connectivity index (χ1) is 7.11. The average Bonchev–Trinajstić information content (AvgIpc) is 2.26. The molecule has 0 aromatic carbocycles. The lowest BCUT2D eigenvalue weighted by Gasteiger charge is -2.17. The molecule has 84 valence electrons. The molecule has 0 amide bonds. The van der Waals surface area contributed by atoms with Gasteiger partial charge in [-0.25, -0.2) is 9.59 Å². The zero-order valence-electron chi connectivity index (χ0n) is 8.27. The van der Waals surface area contributed by atoms with Gasteiger partial charge >= 0.3 is 11.9 Å². The number of carbonyl (C=O) groups is 2. The predicted octanol–water partition coefficient (Wildman–Crippen LogP) is -0.677. The molecular formula is C8H10O6S. The van der Waals surface area contributed by atoms with Gasteiger partial charge in [0.2, 0.25) is 5.76 Å². The van der Waals surface area contributed by atoms with Crippen molar-refractivity contribution in [1.82, 2.24) is 0 Å². The Morgan fingerprint density at radius 2 is 1.87 bits per heavy atom. The molecule has 0 bridgehead atoms.